The van der Waals surface area contributed by atoms with Crippen LogP contribution in [0.25, 0.3) is 21.9 Å². The molecule has 1 heterocycles. The molecule has 1 N–H and O–H groups in total. The number of benzene rings is 2. The molecule has 0 unspecified atom stereocenters. The summed E-state index contributed by atoms with van der Waals surface area (Å²) in [6.45, 7) is 0. The molecule has 0 spiro atoms. The molecule has 0 bridgehead atoms. The number of carbonyl (C=O) groups is 1. The summed E-state index contributed by atoms with van der Waals surface area (Å²) in [6, 6.07) is 11.3. The maximum Gasteiger partial charge on any atom is 0.307 e. The van der Waals surface area contributed by atoms with Crippen molar-refractivity contribution in [1.82, 2.24) is 4.98 Å². The van der Waals surface area contributed by atoms with Gasteiger partial charge in [-0.25, -0.2) is 4.98 Å². The number of aromatic nitrogens is 1. The van der Waals surface area contributed by atoms with E-state index in [1.807, 2.05) is 24.3 Å². The van der Waals surface area contributed by atoms with E-state index < -0.39 is 5.97 Å². The Morgan fingerprint density at radius 1 is 1.11 bits per heavy atom. The number of hydrogen-bond acceptors (Lipinski definition) is 6. The van der Waals surface area contributed by atoms with Gasteiger partial charge in [0.15, 0.2) is 11.5 Å². The molecule has 27 heavy (non-hydrogen) atoms. The number of para-hydroxylation sites is 1. The minimum absolute atomic E-state index is 0.142. The molecule has 6 nitrogen and oxygen atoms in total. The van der Waals surface area contributed by atoms with Crippen molar-refractivity contribution in [2.24, 2.45) is 0 Å². The predicted molar refractivity (Wildman–Crippen MR) is 106 cm³/mol. The molecule has 0 atom stereocenters. The van der Waals surface area contributed by atoms with E-state index in [9.17, 15) is 9.90 Å². The Balaban J connectivity index is 2.12. The number of methoxy groups -OCH3 is 3. The summed E-state index contributed by atoms with van der Waals surface area (Å²) in [7, 11) is 4.61. The third-order valence-corrected chi connectivity index (χ3v) is 5.05. The van der Waals surface area contributed by atoms with Crippen molar-refractivity contribution >= 4 is 39.2 Å². The monoisotopic (exact) mass is 385 g/mol. The van der Waals surface area contributed by atoms with E-state index >= 15 is 0 Å². The lowest BCUT2D eigenvalue weighted by molar-refractivity contribution is -0.135. The average molecular weight is 385 g/mol. The fourth-order valence-corrected chi connectivity index (χ4v) is 3.73. The quantitative estimate of drug-likeness (QED) is 0.652. The van der Waals surface area contributed by atoms with Crippen LogP contribution in [-0.2, 0) is 4.79 Å². The molecular weight excluding hydrogens is 366 g/mol. The van der Waals surface area contributed by atoms with Gasteiger partial charge in [0.05, 0.1) is 38.0 Å². The molecule has 7 heteroatoms. The Morgan fingerprint density at radius 3 is 2.33 bits per heavy atom. The van der Waals surface area contributed by atoms with Crippen LogP contribution in [0, 0.1) is 0 Å². The molecule has 0 saturated carbocycles. The van der Waals surface area contributed by atoms with Crippen LogP contribution in [0.3, 0.4) is 0 Å². The van der Waals surface area contributed by atoms with Crippen LogP contribution >= 0.6 is 11.3 Å². The zero-order valence-electron chi connectivity index (χ0n) is 15.2. The van der Waals surface area contributed by atoms with Crippen LogP contribution in [0.2, 0.25) is 0 Å². The van der Waals surface area contributed by atoms with Gasteiger partial charge < -0.3 is 19.3 Å². The molecule has 3 aromatic rings. The molecule has 0 aliphatic carbocycles. The summed E-state index contributed by atoms with van der Waals surface area (Å²) in [4.78, 5) is 16.0. The van der Waals surface area contributed by atoms with Crippen LogP contribution < -0.4 is 14.2 Å². The Hall–Kier alpha value is -3.06. The van der Waals surface area contributed by atoms with Gasteiger partial charge in [-0.1, -0.05) is 12.1 Å². The van der Waals surface area contributed by atoms with Gasteiger partial charge in [-0.3, -0.25) is 4.79 Å². The number of ether oxygens (including phenoxy) is 3. The number of nitrogens with zero attached hydrogens (tertiary/aromatic N) is 1. The number of hydrogen-bond donors (Lipinski definition) is 1. The number of thiazole rings is 1. The highest BCUT2D eigenvalue weighted by Gasteiger charge is 2.16. The Kier molecular flexibility index (Phi) is 5.61. The molecule has 140 valence electrons. The topological polar surface area (TPSA) is 77.9 Å². The third kappa shape index (κ3) is 4.03. The zero-order valence-corrected chi connectivity index (χ0v) is 16.0. The Bertz CT molecular complexity index is 951. The van der Waals surface area contributed by atoms with Gasteiger partial charge in [-0.05, 0) is 41.5 Å². The molecule has 3 rings (SSSR count). The molecule has 0 fully saturated rings. The predicted octanol–water partition coefficient (Wildman–Crippen LogP) is 4.34. The van der Waals surface area contributed by atoms with E-state index in [2.05, 4.69) is 4.98 Å². The second-order valence-electron chi connectivity index (χ2n) is 5.69. The molecule has 0 amide bonds. The summed E-state index contributed by atoms with van der Waals surface area (Å²) in [6.07, 6.45) is 1.65. The summed E-state index contributed by atoms with van der Waals surface area (Å²) in [5, 5.41) is 10.0. The minimum Gasteiger partial charge on any atom is -0.493 e. The van der Waals surface area contributed by atoms with E-state index in [4.69, 9.17) is 14.2 Å². The van der Waals surface area contributed by atoms with Gasteiger partial charge in [0.2, 0.25) is 5.75 Å². The van der Waals surface area contributed by atoms with Gasteiger partial charge in [0.25, 0.3) is 0 Å². The summed E-state index contributed by atoms with van der Waals surface area (Å²) >= 11 is 1.46. The molecule has 2 aromatic carbocycles. The molecule has 0 aliphatic heterocycles. The highest BCUT2D eigenvalue weighted by Crippen LogP contribution is 2.39. The molecular formula is C20H19NO5S. The van der Waals surface area contributed by atoms with Gasteiger partial charge >= 0.3 is 5.97 Å². The summed E-state index contributed by atoms with van der Waals surface area (Å²) in [5.41, 5.74) is 2.19. The standard InChI is InChI=1S/C20H19NO5S/c1-24-15-9-12(10-16(25-2)19(15)26-3)8-13(11-18(22)23)20-21-14-6-4-5-7-17(14)27-20/h4-10H,11H2,1-3H3,(H,22,23)/b13-8+. The summed E-state index contributed by atoms with van der Waals surface area (Å²) in [5.74, 6) is 0.564. The van der Waals surface area contributed by atoms with E-state index in [0.717, 1.165) is 15.8 Å². The van der Waals surface area contributed by atoms with Gasteiger partial charge in [-0.15, -0.1) is 11.3 Å². The minimum atomic E-state index is -0.923. The van der Waals surface area contributed by atoms with Crippen LogP contribution in [0.15, 0.2) is 36.4 Å². The molecule has 0 aliphatic rings. The van der Waals surface area contributed by atoms with Crippen LogP contribution in [0.5, 0.6) is 17.2 Å². The second kappa shape index (κ2) is 8.09. The van der Waals surface area contributed by atoms with E-state index in [1.54, 1.807) is 18.2 Å². The van der Waals surface area contributed by atoms with Crippen molar-refractivity contribution in [2.45, 2.75) is 6.42 Å². The SMILES string of the molecule is COc1cc(/C=C(\CC(=O)O)c2nc3ccccc3s2)cc(OC)c1OC. The lowest BCUT2D eigenvalue weighted by Crippen LogP contribution is -1.98. The largest absolute Gasteiger partial charge is 0.493 e. The summed E-state index contributed by atoms with van der Waals surface area (Å²) < 4.78 is 17.1. The van der Waals surface area contributed by atoms with Crippen molar-refractivity contribution in [1.29, 1.82) is 0 Å². The normalized spacial score (nSPS) is 11.4. The van der Waals surface area contributed by atoms with Crippen molar-refractivity contribution < 1.29 is 24.1 Å². The fraction of sp³-hybridized carbons (Fsp3) is 0.200. The highest BCUT2D eigenvalue weighted by molar-refractivity contribution is 7.19. The zero-order chi connectivity index (χ0) is 19.4. The highest BCUT2D eigenvalue weighted by atomic mass is 32.1. The average Bonchev–Trinajstić information content (AvgIpc) is 3.10. The van der Waals surface area contributed by atoms with Gasteiger partial charge in [0, 0.05) is 0 Å². The fourth-order valence-electron chi connectivity index (χ4n) is 2.75. The molecule has 0 radical (unpaired) electrons. The first-order chi connectivity index (χ1) is 13.0. The van der Waals surface area contributed by atoms with Gasteiger partial charge in [0.1, 0.15) is 5.01 Å². The molecule has 0 saturated heterocycles. The van der Waals surface area contributed by atoms with Gasteiger partial charge in [-0.2, -0.15) is 0 Å². The van der Waals surface area contributed by atoms with Crippen LogP contribution in [0.1, 0.15) is 17.0 Å². The lowest BCUT2D eigenvalue weighted by Gasteiger charge is -2.13. The maximum atomic E-state index is 11.4. The third-order valence-electron chi connectivity index (χ3n) is 3.94. The van der Waals surface area contributed by atoms with E-state index in [1.165, 1.54) is 32.7 Å². The smallest absolute Gasteiger partial charge is 0.307 e. The first-order valence-electron chi connectivity index (χ1n) is 8.14. The number of carboxylic acid groups (broad SMARTS) is 1. The number of carboxylic acids is 1. The lowest BCUT2D eigenvalue weighted by atomic mass is 10.1. The van der Waals surface area contributed by atoms with E-state index in [-0.39, 0.29) is 6.42 Å². The Labute approximate surface area is 160 Å². The van der Waals surface area contributed by atoms with Crippen LogP contribution in [0.4, 0.5) is 0 Å². The Morgan fingerprint density at radius 2 is 1.78 bits per heavy atom. The van der Waals surface area contributed by atoms with Crippen molar-refractivity contribution in [3.05, 3.63) is 47.0 Å². The number of rotatable bonds is 7. The van der Waals surface area contributed by atoms with Crippen LogP contribution in [-0.4, -0.2) is 37.4 Å². The number of fused-ring (bicyclic) bond motifs is 1. The van der Waals surface area contributed by atoms with Crippen molar-refractivity contribution in [2.75, 3.05) is 21.3 Å². The van der Waals surface area contributed by atoms with Crippen molar-refractivity contribution in [3.63, 3.8) is 0 Å². The first kappa shape index (κ1) is 18.7. The number of aliphatic carboxylic acids is 1. The molecule has 1 aromatic heterocycles. The van der Waals surface area contributed by atoms with E-state index in [0.29, 0.717) is 27.8 Å². The van der Waals surface area contributed by atoms with Crippen molar-refractivity contribution in [3.8, 4) is 17.2 Å². The second-order valence-corrected chi connectivity index (χ2v) is 6.72. The first-order valence-corrected chi connectivity index (χ1v) is 8.95. The maximum absolute atomic E-state index is 11.4.